The number of carbonyl (C=O) groups excluding carboxylic acids is 3. The van der Waals surface area contributed by atoms with E-state index in [1.807, 2.05) is 0 Å². The highest BCUT2D eigenvalue weighted by atomic mass is 16.6. The van der Waals surface area contributed by atoms with Crippen LogP contribution >= 0.6 is 0 Å². The molecule has 0 spiro atoms. The minimum atomic E-state index is -1.03. The van der Waals surface area contributed by atoms with E-state index in [-0.39, 0.29) is 6.42 Å². The Morgan fingerprint density at radius 2 is 1.54 bits per heavy atom. The van der Waals surface area contributed by atoms with Crippen LogP contribution in [0.1, 0.15) is 60.8 Å². The summed E-state index contributed by atoms with van der Waals surface area (Å²) in [7, 11) is 0. The third-order valence-corrected chi connectivity index (χ3v) is 3.91. The lowest BCUT2D eigenvalue weighted by Crippen LogP contribution is -2.48. The first-order chi connectivity index (χ1) is 11.8. The van der Waals surface area contributed by atoms with Crippen LogP contribution in [0.5, 0.6) is 0 Å². The maximum Gasteiger partial charge on any atom is 0.417 e. The van der Waals surface area contributed by atoms with E-state index in [1.165, 1.54) is 0 Å². The Bertz CT molecular complexity index is 584. The van der Waals surface area contributed by atoms with Gasteiger partial charge in [-0.3, -0.25) is 4.79 Å². The lowest BCUT2D eigenvalue weighted by molar-refractivity contribution is -0.161. The molecule has 0 saturated carbocycles. The second kappa shape index (κ2) is 7.64. The van der Waals surface area contributed by atoms with E-state index < -0.39 is 40.6 Å². The molecule has 1 rings (SSSR count). The molecule has 1 saturated heterocycles. The third-order valence-electron chi connectivity index (χ3n) is 3.91. The highest BCUT2D eigenvalue weighted by Crippen LogP contribution is 2.44. The monoisotopic (exact) mass is 365 g/mol. The average Bonchev–Trinajstić information content (AvgIpc) is 2.70. The Hall–Kier alpha value is -2.11. The van der Waals surface area contributed by atoms with Gasteiger partial charge in [-0.1, -0.05) is 12.2 Å². The fraction of sp³-hybridized carbons (Fsp3) is 0.650. The molecule has 2 amide bonds. The van der Waals surface area contributed by atoms with Crippen LogP contribution < -0.4 is 0 Å². The van der Waals surface area contributed by atoms with Crippen molar-refractivity contribution in [1.82, 2.24) is 4.90 Å². The molecule has 1 heterocycles. The second-order valence-electron chi connectivity index (χ2n) is 8.67. The van der Waals surface area contributed by atoms with Crippen molar-refractivity contribution in [1.29, 1.82) is 0 Å². The number of carbonyl (C=O) groups is 3. The Balaban J connectivity index is 3.30. The van der Waals surface area contributed by atoms with Crippen LogP contribution in [0.15, 0.2) is 25.3 Å². The van der Waals surface area contributed by atoms with Gasteiger partial charge in [-0.15, -0.1) is 13.2 Å². The van der Waals surface area contributed by atoms with Crippen LogP contribution in [0.2, 0.25) is 0 Å². The molecule has 1 aliphatic heterocycles. The number of nitrogens with zero attached hydrogens (tertiary/aromatic N) is 1. The normalized spacial score (nSPS) is 19.8. The van der Waals surface area contributed by atoms with E-state index in [0.29, 0.717) is 12.8 Å². The minimum absolute atomic E-state index is 0.151. The Morgan fingerprint density at radius 1 is 1.08 bits per heavy atom. The summed E-state index contributed by atoms with van der Waals surface area (Å²) in [5, 5.41) is 0. The largest absolute Gasteiger partial charge is 0.458 e. The van der Waals surface area contributed by atoms with Gasteiger partial charge in [0.25, 0.3) is 0 Å². The molecule has 0 N–H and O–H groups in total. The van der Waals surface area contributed by atoms with Gasteiger partial charge >= 0.3 is 12.1 Å². The van der Waals surface area contributed by atoms with Gasteiger partial charge in [0.2, 0.25) is 5.91 Å². The number of hydrogen-bond acceptors (Lipinski definition) is 5. The number of imide groups is 1. The Kier molecular flexibility index (Phi) is 6.44. The van der Waals surface area contributed by atoms with Crippen molar-refractivity contribution in [3.63, 3.8) is 0 Å². The van der Waals surface area contributed by atoms with Crippen LogP contribution in [0, 0.1) is 5.41 Å². The highest BCUT2D eigenvalue weighted by Gasteiger charge is 2.56. The van der Waals surface area contributed by atoms with Crippen LogP contribution in [0.4, 0.5) is 4.79 Å². The smallest absolute Gasteiger partial charge is 0.417 e. The number of rotatable bonds is 5. The molecule has 6 heteroatoms. The van der Waals surface area contributed by atoms with Gasteiger partial charge in [-0.05, 0) is 60.8 Å². The molecule has 0 aromatic rings. The van der Waals surface area contributed by atoms with Crippen molar-refractivity contribution >= 4 is 18.0 Å². The predicted octanol–water partition coefficient (Wildman–Crippen LogP) is 4.00. The van der Waals surface area contributed by atoms with Gasteiger partial charge < -0.3 is 9.47 Å². The number of esters is 1. The third kappa shape index (κ3) is 5.19. The van der Waals surface area contributed by atoms with Gasteiger partial charge in [0, 0.05) is 0 Å². The number of amides is 2. The van der Waals surface area contributed by atoms with E-state index in [0.717, 1.165) is 4.90 Å². The summed E-state index contributed by atoms with van der Waals surface area (Å²) in [5.74, 6) is -1.07. The number of likely N-dealkylation sites (tertiary alicyclic amines) is 1. The first-order valence-corrected chi connectivity index (χ1v) is 8.77. The standard InChI is InChI=1S/C20H31NO5/c1-9-11-20(12-10-2)13-14(15(22)25-18(3,4)5)21(16(20)23)17(24)26-19(6,7)8/h9-10,14H,1-2,11-13H2,3-8H3. The zero-order chi connectivity index (χ0) is 20.3. The van der Waals surface area contributed by atoms with E-state index in [2.05, 4.69) is 13.2 Å². The van der Waals surface area contributed by atoms with Gasteiger partial charge in [0.1, 0.15) is 17.2 Å². The Morgan fingerprint density at radius 3 is 1.92 bits per heavy atom. The second-order valence-corrected chi connectivity index (χ2v) is 8.67. The van der Waals surface area contributed by atoms with E-state index >= 15 is 0 Å². The first-order valence-electron chi connectivity index (χ1n) is 8.77. The minimum Gasteiger partial charge on any atom is -0.458 e. The molecule has 6 nitrogen and oxygen atoms in total. The van der Waals surface area contributed by atoms with E-state index in [1.54, 1.807) is 53.7 Å². The molecule has 0 bridgehead atoms. The summed E-state index contributed by atoms with van der Waals surface area (Å²) in [6.07, 6.45) is 3.21. The molecule has 1 unspecified atom stereocenters. The summed E-state index contributed by atoms with van der Waals surface area (Å²) in [4.78, 5) is 39.4. The maximum atomic E-state index is 13.1. The molecule has 26 heavy (non-hydrogen) atoms. The van der Waals surface area contributed by atoms with Crippen LogP contribution in [0.25, 0.3) is 0 Å². The van der Waals surface area contributed by atoms with Crippen molar-refractivity contribution in [3.8, 4) is 0 Å². The number of ether oxygens (including phenoxy) is 2. The molecule has 0 aromatic carbocycles. The van der Waals surface area contributed by atoms with Gasteiger partial charge in [-0.2, -0.15) is 0 Å². The molecular formula is C20H31NO5. The number of allylic oxidation sites excluding steroid dienone is 2. The first kappa shape index (κ1) is 21.9. The van der Waals surface area contributed by atoms with Gasteiger partial charge in [-0.25, -0.2) is 14.5 Å². The van der Waals surface area contributed by atoms with Crippen molar-refractivity contribution in [2.45, 2.75) is 78.0 Å². The lowest BCUT2D eigenvalue weighted by Gasteiger charge is -2.28. The summed E-state index contributed by atoms with van der Waals surface area (Å²) < 4.78 is 10.8. The Labute approximate surface area is 156 Å². The van der Waals surface area contributed by atoms with E-state index in [9.17, 15) is 14.4 Å². The topological polar surface area (TPSA) is 72.9 Å². The SMILES string of the molecule is C=CCC1(CC=C)CC(C(=O)OC(C)(C)C)N(C(=O)OC(C)(C)C)C1=O. The molecular weight excluding hydrogens is 334 g/mol. The zero-order valence-corrected chi connectivity index (χ0v) is 16.8. The molecule has 1 fully saturated rings. The summed E-state index contributed by atoms with van der Waals surface area (Å²) in [6.45, 7) is 17.7. The molecule has 0 aromatic heterocycles. The zero-order valence-electron chi connectivity index (χ0n) is 16.8. The van der Waals surface area contributed by atoms with Crippen molar-refractivity contribution in [2.75, 3.05) is 0 Å². The fourth-order valence-corrected chi connectivity index (χ4v) is 3.00. The molecule has 1 atom stereocenters. The van der Waals surface area contributed by atoms with Crippen molar-refractivity contribution in [2.24, 2.45) is 5.41 Å². The highest BCUT2D eigenvalue weighted by molar-refractivity contribution is 6.02. The molecule has 146 valence electrons. The predicted molar refractivity (Wildman–Crippen MR) is 99.4 cm³/mol. The van der Waals surface area contributed by atoms with Crippen LogP contribution in [0.3, 0.4) is 0 Å². The average molecular weight is 365 g/mol. The molecule has 0 radical (unpaired) electrons. The summed E-state index contributed by atoms with van der Waals surface area (Å²) >= 11 is 0. The quantitative estimate of drug-likeness (QED) is 0.544. The van der Waals surface area contributed by atoms with Crippen LogP contribution in [-0.2, 0) is 19.1 Å². The summed E-state index contributed by atoms with van der Waals surface area (Å²) in [6, 6.07) is -1.03. The maximum absolute atomic E-state index is 13.1. The van der Waals surface area contributed by atoms with Crippen molar-refractivity contribution in [3.05, 3.63) is 25.3 Å². The molecule has 0 aliphatic carbocycles. The molecule has 1 aliphatic rings. The lowest BCUT2D eigenvalue weighted by atomic mass is 9.78. The summed E-state index contributed by atoms with van der Waals surface area (Å²) in [5.41, 5.74) is -2.47. The fourth-order valence-electron chi connectivity index (χ4n) is 3.00. The van der Waals surface area contributed by atoms with E-state index in [4.69, 9.17) is 9.47 Å². The van der Waals surface area contributed by atoms with Gasteiger partial charge in [0.15, 0.2) is 0 Å². The van der Waals surface area contributed by atoms with Gasteiger partial charge in [0.05, 0.1) is 5.41 Å². The van der Waals surface area contributed by atoms with Crippen LogP contribution in [-0.4, -0.2) is 40.1 Å². The number of hydrogen-bond donors (Lipinski definition) is 0. The van der Waals surface area contributed by atoms with Crippen molar-refractivity contribution < 1.29 is 23.9 Å².